The summed E-state index contributed by atoms with van der Waals surface area (Å²) >= 11 is 3.48. The number of fused-ring (bicyclic) bond motifs is 1. The van der Waals surface area contributed by atoms with E-state index in [-0.39, 0.29) is 0 Å². The molecular weight excluding hydrogens is 316 g/mol. The van der Waals surface area contributed by atoms with Gasteiger partial charge in [0.2, 0.25) is 0 Å². The Morgan fingerprint density at radius 3 is 2.80 bits per heavy atom. The second-order valence-corrected chi connectivity index (χ2v) is 5.29. The van der Waals surface area contributed by atoms with Gasteiger partial charge >= 0.3 is 0 Å². The third-order valence-corrected chi connectivity index (χ3v) is 3.55. The standard InChI is InChI=1S/C16H13BrN2O/c1-20-13-5-6-14-15(7-8-18-16(14)10-13)19-12-4-2-3-11(17)9-12/h2-10H,1H3,(H,18,19). The first-order valence-corrected chi connectivity index (χ1v) is 7.01. The third-order valence-electron chi connectivity index (χ3n) is 3.05. The summed E-state index contributed by atoms with van der Waals surface area (Å²) in [6.45, 7) is 0. The van der Waals surface area contributed by atoms with Crippen molar-refractivity contribution in [2.24, 2.45) is 0 Å². The number of rotatable bonds is 3. The quantitative estimate of drug-likeness (QED) is 0.753. The summed E-state index contributed by atoms with van der Waals surface area (Å²) < 4.78 is 6.27. The number of nitrogens with one attached hydrogen (secondary N) is 1. The van der Waals surface area contributed by atoms with Crippen LogP contribution in [0.15, 0.2) is 59.2 Å². The van der Waals surface area contributed by atoms with Gasteiger partial charge < -0.3 is 10.1 Å². The Hall–Kier alpha value is -2.07. The molecule has 0 saturated carbocycles. The maximum atomic E-state index is 5.23. The van der Waals surface area contributed by atoms with Crippen LogP contribution in [0.25, 0.3) is 10.9 Å². The molecule has 3 nitrogen and oxygen atoms in total. The van der Waals surface area contributed by atoms with Crippen molar-refractivity contribution in [3.8, 4) is 5.75 Å². The van der Waals surface area contributed by atoms with E-state index in [1.807, 2.05) is 48.5 Å². The summed E-state index contributed by atoms with van der Waals surface area (Å²) in [5, 5.41) is 4.48. The number of hydrogen-bond donors (Lipinski definition) is 1. The van der Waals surface area contributed by atoms with Gasteiger partial charge in [0.1, 0.15) is 5.75 Å². The summed E-state index contributed by atoms with van der Waals surface area (Å²) in [5.74, 6) is 0.810. The Bertz CT molecular complexity index is 758. The van der Waals surface area contributed by atoms with E-state index in [1.165, 1.54) is 0 Å². The summed E-state index contributed by atoms with van der Waals surface area (Å²) in [6, 6.07) is 15.9. The maximum Gasteiger partial charge on any atom is 0.121 e. The molecule has 4 heteroatoms. The van der Waals surface area contributed by atoms with Gasteiger partial charge in [0.05, 0.1) is 12.6 Å². The average Bonchev–Trinajstić information content (AvgIpc) is 2.47. The van der Waals surface area contributed by atoms with Crippen LogP contribution < -0.4 is 10.1 Å². The molecule has 3 aromatic rings. The molecule has 0 radical (unpaired) electrons. The number of halogens is 1. The lowest BCUT2D eigenvalue weighted by Crippen LogP contribution is -1.93. The van der Waals surface area contributed by atoms with Crippen LogP contribution in [0, 0.1) is 0 Å². The number of nitrogens with zero attached hydrogens (tertiary/aromatic N) is 1. The highest BCUT2D eigenvalue weighted by molar-refractivity contribution is 9.10. The highest BCUT2D eigenvalue weighted by Crippen LogP contribution is 2.28. The minimum atomic E-state index is 0.810. The van der Waals surface area contributed by atoms with E-state index in [2.05, 4.69) is 26.2 Å². The molecule has 0 aliphatic rings. The number of methoxy groups -OCH3 is 1. The van der Waals surface area contributed by atoms with E-state index < -0.39 is 0 Å². The Morgan fingerprint density at radius 2 is 2.00 bits per heavy atom. The van der Waals surface area contributed by atoms with Crippen molar-refractivity contribution in [3.63, 3.8) is 0 Å². The van der Waals surface area contributed by atoms with Crippen LogP contribution in [0.5, 0.6) is 5.75 Å². The van der Waals surface area contributed by atoms with Crippen LogP contribution in [0.1, 0.15) is 0 Å². The summed E-state index contributed by atoms with van der Waals surface area (Å²) in [7, 11) is 1.66. The normalized spacial score (nSPS) is 10.5. The number of aromatic nitrogens is 1. The molecular formula is C16H13BrN2O. The molecule has 0 bridgehead atoms. The summed E-state index contributed by atoms with van der Waals surface area (Å²) in [6.07, 6.45) is 1.79. The zero-order valence-electron chi connectivity index (χ0n) is 10.9. The molecule has 0 amide bonds. The van der Waals surface area contributed by atoms with Crippen molar-refractivity contribution in [1.82, 2.24) is 4.98 Å². The zero-order chi connectivity index (χ0) is 13.9. The van der Waals surface area contributed by atoms with Gasteiger partial charge in [-0.25, -0.2) is 0 Å². The van der Waals surface area contributed by atoms with E-state index in [0.717, 1.165) is 32.5 Å². The fourth-order valence-corrected chi connectivity index (χ4v) is 2.48. The molecule has 100 valence electrons. The average molecular weight is 329 g/mol. The SMILES string of the molecule is COc1ccc2c(Nc3cccc(Br)c3)ccnc2c1. The molecule has 0 atom stereocenters. The molecule has 0 saturated heterocycles. The fraction of sp³-hybridized carbons (Fsp3) is 0.0625. The van der Waals surface area contributed by atoms with Gasteiger partial charge in [-0.05, 0) is 36.4 Å². The van der Waals surface area contributed by atoms with Crippen molar-refractivity contribution in [3.05, 3.63) is 59.2 Å². The lowest BCUT2D eigenvalue weighted by atomic mass is 10.1. The first-order valence-electron chi connectivity index (χ1n) is 6.21. The summed E-state index contributed by atoms with van der Waals surface area (Å²) in [5.41, 5.74) is 2.96. The fourth-order valence-electron chi connectivity index (χ4n) is 2.09. The van der Waals surface area contributed by atoms with Crippen molar-refractivity contribution in [2.75, 3.05) is 12.4 Å². The van der Waals surface area contributed by atoms with E-state index in [4.69, 9.17) is 4.74 Å². The van der Waals surface area contributed by atoms with Crippen molar-refractivity contribution in [1.29, 1.82) is 0 Å². The summed E-state index contributed by atoms with van der Waals surface area (Å²) in [4.78, 5) is 4.38. The van der Waals surface area contributed by atoms with Gasteiger partial charge in [0.15, 0.2) is 0 Å². The van der Waals surface area contributed by atoms with E-state index in [1.54, 1.807) is 13.3 Å². The molecule has 0 fully saturated rings. The zero-order valence-corrected chi connectivity index (χ0v) is 12.5. The van der Waals surface area contributed by atoms with Crippen LogP contribution in [0.4, 0.5) is 11.4 Å². The van der Waals surface area contributed by atoms with Gasteiger partial charge in [0.25, 0.3) is 0 Å². The predicted octanol–water partition coefficient (Wildman–Crippen LogP) is 4.75. The van der Waals surface area contributed by atoms with E-state index in [0.29, 0.717) is 0 Å². The van der Waals surface area contributed by atoms with Crippen LogP contribution in [-0.2, 0) is 0 Å². The second-order valence-electron chi connectivity index (χ2n) is 4.38. The number of benzene rings is 2. The molecule has 20 heavy (non-hydrogen) atoms. The molecule has 0 spiro atoms. The van der Waals surface area contributed by atoms with Crippen LogP contribution in [0.3, 0.4) is 0 Å². The Balaban J connectivity index is 2.03. The van der Waals surface area contributed by atoms with Gasteiger partial charge in [-0.3, -0.25) is 4.98 Å². The van der Waals surface area contributed by atoms with E-state index in [9.17, 15) is 0 Å². The number of pyridine rings is 1. The van der Waals surface area contributed by atoms with Gasteiger partial charge in [-0.15, -0.1) is 0 Å². The third kappa shape index (κ3) is 2.60. The highest BCUT2D eigenvalue weighted by Gasteiger charge is 2.04. The molecule has 1 heterocycles. The second kappa shape index (κ2) is 5.51. The molecule has 0 aliphatic carbocycles. The van der Waals surface area contributed by atoms with Crippen molar-refractivity contribution >= 4 is 38.2 Å². The topological polar surface area (TPSA) is 34.1 Å². The number of hydrogen-bond acceptors (Lipinski definition) is 3. The smallest absolute Gasteiger partial charge is 0.121 e. The van der Waals surface area contributed by atoms with E-state index >= 15 is 0 Å². The maximum absolute atomic E-state index is 5.23. The minimum absolute atomic E-state index is 0.810. The molecule has 0 aliphatic heterocycles. The molecule has 2 aromatic carbocycles. The highest BCUT2D eigenvalue weighted by atomic mass is 79.9. The lowest BCUT2D eigenvalue weighted by Gasteiger charge is -2.10. The lowest BCUT2D eigenvalue weighted by molar-refractivity contribution is 0.415. The van der Waals surface area contributed by atoms with Crippen molar-refractivity contribution in [2.45, 2.75) is 0 Å². The minimum Gasteiger partial charge on any atom is -0.497 e. The Morgan fingerprint density at radius 1 is 1.10 bits per heavy atom. The van der Waals surface area contributed by atoms with Crippen molar-refractivity contribution < 1.29 is 4.74 Å². The Labute approximate surface area is 125 Å². The first kappa shape index (κ1) is 12.9. The molecule has 1 aromatic heterocycles. The predicted molar refractivity (Wildman–Crippen MR) is 85.7 cm³/mol. The van der Waals surface area contributed by atoms with Crippen LogP contribution >= 0.6 is 15.9 Å². The van der Waals surface area contributed by atoms with Gasteiger partial charge in [-0.1, -0.05) is 22.0 Å². The number of anilines is 2. The first-order chi connectivity index (χ1) is 9.76. The number of ether oxygens (including phenoxy) is 1. The van der Waals surface area contributed by atoms with Crippen LogP contribution in [0.2, 0.25) is 0 Å². The molecule has 3 rings (SSSR count). The van der Waals surface area contributed by atoms with Gasteiger partial charge in [0, 0.05) is 33.5 Å². The van der Waals surface area contributed by atoms with Gasteiger partial charge in [-0.2, -0.15) is 0 Å². The molecule has 1 N–H and O–H groups in total. The molecule has 0 unspecified atom stereocenters. The van der Waals surface area contributed by atoms with Crippen LogP contribution in [-0.4, -0.2) is 12.1 Å². The largest absolute Gasteiger partial charge is 0.497 e. The Kier molecular flexibility index (Phi) is 3.56. The monoisotopic (exact) mass is 328 g/mol.